The minimum absolute atomic E-state index is 0.150. The number of hydrogen-bond acceptors (Lipinski definition) is 2. The van der Waals surface area contributed by atoms with Crippen molar-refractivity contribution in [3.05, 3.63) is 24.0 Å². The standard InChI is InChI=1S/C10H12FNO/c11-10-8(12)5-2-6-9(10)13-7-3-1-4-7/h2,5-7H,1,3-4,12H2. The van der Waals surface area contributed by atoms with Gasteiger partial charge < -0.3 is 10.5 Å². The molecule has 0 amide bonds. The number of hydrogen-bond donors (Lipinski definition) is 1. The molecular formula is C10H12FNO. The van der Waals surface area contributed by atoms with Crippen molar-refractivity contribution in [3.8, 4) is 5.75 Å². The molecule has 1 aliphatic rings. The molecule has 3 heteroatoms. The van der Waals surface area contributed by atoms with Gasteiger partial charge in [-0.3, -0.25) is 0 Å². The normalized spacial score (nSPS) is 16.7. The van der Waals surface area contributed by atoms with Crippen LogP contribution in [-0.4, -0.2) is 6.10 Å². The highest BCUT2D eigenvalue weighted by atomic mass is 19.1. The van der Waals surface area contributed by atoms with E-state index in [1.165, 1.54) is 12.5 Å². The third-order valence-corrected chi connectivity index (χ3v) is 2.34. The van der Waals surface area contributed by atoms with Crippen LogP contribution in [0.25, 0.3) is 0 Å². The van der Waals surface area contributed by atoms with Gasteiger partial charge in [0.2, 0.25) is 0 Å². The Hall–Kier alpha value is -1.25. The lowest BCUT2D eigenvalue weighted by atomic mass is 9.96. The van der Waals surface area contributed by atoms with Gasteiger partial charge in [0.05, 0.1) is 11.8 Å². The quantitative estimate of drug-likeness (QED) is 0.711. The smallest absolute Gasteiger partial charge is 0.187 e. The van der Waals surface area contributed by atoms with Crippen LogP contribution >= 0.6 is 0 Å². The Balaban J connectivity index is 2.14. The highest BCUT2D eigenvalue weighted by Crippen LogP contribution is 2.28. The van der Waals surface area contributed by atoms with Gasteiger partial charge in [0.15, 0.2) is 11.6 Å². The maximum atomic E-state index is 13.3. The predicted molar refractivity (Wildman–Crippen MR) is 49.1 cm³/mol. The zero-order valence-corrected chi connectivity index (χ0v) is 7.29. The third kappa shape index (κ3) is 1.59. The van der Waals surface area contributed by atoms with Crippen molar-refractivity contribution >= 4 is 5.69 Å². The zero-order valence-electron chi connectivity index (χ0n) is 7.29. The summed E-state index contributed by atoms with van der Waals surface area (Å²) in [7, 11) is 0. The molecule has 1 aliphatic carbocycles. The minimum Gasteiger partial charge on any atom is -0.487 e. The number of anilines is 1. The first-order valence-electron chi connectivity index (χ1n) is 4.48. The monoisotopic (exact) mass is 181 g/mol. The van der Waals surface area contributed by atoms with Crippen LogP contribution < -0.4 is 10.5 Å². The Labute approximate surface area is 76.5 Å². The summed E-state index contributed by atoms with van der Waals surface area (Å²) in [6, 6.07) is 4.85. The molecule has 13 heavy (non-hydrogen) atoms. The van der Waals surface area contributed by atoms with Gasteiger partial charge in [0.1, 0.15) is 0 Å². The average molecular weight is 181 g/mol. The number of nitrogens with two attached hydrogens (primary N) is 1. The first-order chi connectivity index (χ1) is 6.27. The molecule has 2 N–H and O–H groups in total. The van der Waals surface area contributed by atoms with E-state index in [9.17, 15) is 4.39 Å². The fourth-order valence-electron chi connectivity index (χ4n) is 1.29. The second-order valence-corrected chi connectivity index (χ2v) is 3.33. The summed E-state index contributed by atoms with van der Waals surface area (Å²) in [6.07, 6.45) is 3.41. The lowest BCUT2D eigenvalue weighted by Gasteiger charge is -2.26. The van der Waals surface area contributed by atoms with Gasteiger partial charge in [-0.15, -0.1) is 0 Å². The molecule has 0 unspecified atom stereocenters. The van der Waals surface area contributed by atoms with Crippen LogP contribution in [0.2, 0.25) is 0 Å². The van der Waals surface area contributed by atoms with Crippen LogP contribution in [0.15, 0.2) is 18.2 Å². The number of rotatable bonds is 2. The van der Waals surface area contributed by atoms with Gasteiger partial charge in [-0.2, -0.15) is 0 Å². The third-order valence-electron chi connectivity index (χ3n) is 2.34. The molecule has 1 aromatic carbocycles. The topological polar surface area (TPSA) is 35.2 Å². The van der Waals surface area contributed by atoms with E-state index in [4.69, 9.17) is 10.5 Å². The summed E-state index contributed by atoms with van der Waals surface area (Å²) in [5, 5.41) is 0. The van der Waals surface area contributed by atoms with Crippen molar-refractivity contribution in [1.82, 2.24) is 0 Å². The summed E-state index contributed by atoms with van der Waals surface area (Å²) in [5.41, 5.74) is 5.55. The van der Waals surface area contributed by atoms with Crippen LogP contribution in [0.1, 0.15) is 19.3 Å². The lowest BCUT2D eigenvalue weighted by Crippen LogP contribution is -2.25. The SMILES string of the molecule is Nc1cccc(OC2CCC2)c1F. The van der Waals surface area contributed by atoms with E-state index >= 15 is 0 Å². The number of ether oxygens (including phenoxy) is 1. The molecule has 0 heterocycles. The largest absolute Gasteiger partial charge is 0.487 e. The molecule has 0 bridgehead atoms. The van der Waals surface area contributed by atoms with Crippen molar-refractivity contribution in [2.24, 2.45) is 0 Å². The van der Waals surface area contributed by atoms with Gasteiger partial charge in [0, 0.05) is 0 Å². The number of benzene rings is 1. The van der Waals surface area contributed by atoms with E-state index in [0.717, 1.165) is 12.8 Å². The first kappa shape index (κ1) is 8.35. The molecule has 0 atom stereocenters. The Bertz CT molecular complexity index is 310. The van der Waals surface area contributed by atoms with Gasteiger partial charge in [-0.1, -0.05) is 6.07 Å². The second kappa shape index (κ2) is 3.24. The van der Waals surface area contributed by atoms with E-state index in [0.29, 0.717) is 0 Å². The van der Waals surface area contributed by atoms with Gasteiger partial charge in [-0.05, 0) is 31.4 Å². The minimum atomic E-state index is -0.436. The molecule has 0 spiro atoms. The molecule has 70 valence electrons. The van der Waals surface area contributed by atoms with E-state index < -0.39 is 5.82 Å². The maximum absolute atomic E-state index is 13.3. The Morgan fingerprint density at radius 1 is 1.38 bits per heavy atom. The van der Waals surface area contributed by atoms with E-state index in [1.807, 2.05) is 0 Å². The van der Waals surface area contributed by atoms with Crippen molar-refractivity contribution in [2.45, 2.75) is 25.4 Å². The average Bonchev–Trinajstić information content (AvgIpc) is 2.04. The molecule has 2 rings (SSSR count). The maximum Gasteiger partial charge on any atom is 0.187 e. The van der Waals surface area contributed by atoms with E-state index in [2.05, 4.69) is 0 Å². The van der Waals surface area contributed by atoms with Crippen molar-refractivity contribution in [1.29, 1.82) is 0 Å². The van der Waals surface area contributed by atoms with Gasteiger partial charge in [-0.25, -0.2) is 4.39 Å². The summed E-state index contributed by atoms with van der Waals surface area (Å²) in [4.78, 5) is 0. The van der Waals surface area contributed by atoms with E-state index in [-0.39, 0.29) is 17.5 Å². The molecule has 1 saturated carbocycles. The van der Waals surface area contributed by atoms with Crippen LogP contribution in [0.5, 0.6) is 5.75 Å². The highest BCUT2D eigenvalue weighted by molar-refractivity contribution is 5.46. The zero-order chi connectivity index (χ0) is 9.26. The van der Waals surface area contributed by atoms with Crippen molar-refractivity contribution in [3.63, 3.8) is 0 Å². The Morgan fingerprint density at radius 3 is 2.77 bits per heavy atom. The van der Waals surface area contributed by atoms with Gasteiger partial charge >= 0.3 is 0 Å². The lowest BCUT2D eigenvalue weighted by molar-refractivity contribution is 0.115. The number of nitrogen functional groups attached to an aromatic ring is 1. The Morgan fingerprint density at radius 2 is 2.15 bits per heavy atom. The molecule has 2 nitrogen and oxygen atoms in total. The van der Waals surface area contributed by atoms with Crippen molar-refractivity contribution < 1.29 is 9.13 Å². The molecule has 0 saturated heterocycles. The molecule has 1 aromatic rings. The number of halogens is 1. The van der Waals surface area contributed by atoms with Crippen molar-refractivity contribution in [2.75, 3.05) is 5.73 Å². The molecule has 0 radical (unpaired) electrons. The molecule has 0 aromatic heterocycles. The van der Waals surface area contributed by atoms with Gasteiger partial charge in [0.25, 0.3) is 0 Å². The van der Waals surface area contributed by atoms with Crippen LogP contribution in [0, 0.1) is 5.82 Å². The molecule has 0 aliphatic heterocycles. The first-order valence-corrected chi connectivity index (χ1v) is 4.48. The summed E-state index contributed by atoms with van der Waals surface area (Å²) in [6.45, 7) is 0. The summed E-state index contributed by atoms with van der Waals surface area (Å²) in [5.74, 6) is -0.154. The molecule has 1 fully saturated rings. The Kier molecular flexibility index (Phi) is 2.08. The predicted octanol–water partition coefficient (Wildman–Crippen LogP) is 2.34. The molecular weight excluding hydrogens is 169 g/mol. The highest BCUT2D eigenvalue weighted by Gasteiger charge is 2.20. The van der Waals surface area contributed by atoms with Crippen LogP contribution in [-0.2, 0) is 0 Å². The fourth-order valence-corrected chi connectivity index (χ4v) is 1.29. The fraction of sp³-hybridized carbons (Fsp3) is 0.400. The second-order valence-electron chi connectivity index (χ2n) is 3.33. The van der Waals surface area contributed by atoms with E-state index in [1.54, 1.807) is 12.1 Å². The van der Waals surface area contributed by atoms with Crippen LogP contribution in [0.3, 0.4) is 0 Å². The summed E-state index contributed by atoms with van der Waals surface area (Å²) < 4.78 is 18.7. The van der Waals surface area contributed by atoms with Crippen LogP contribution in [0.4, 0.5) is 10.1 Å². The summed E-state index contributed by atoms with van der Waals surface area (Å²) >= 11 is 0.